The van der Waals surface area contributed by atoms with E-state index in [0.717, 1.165) is 11.8 Å². The zero-order chi connectivity index (χ0) is 20.0. The first-order valence-electron chi connectivity index (χ1n) is 8.77. The highest BCUT2D eigenvalue weighted by Crippen LogP contribution is 2.19. The first-order valence-corrected chi connectivity index (χ1v) is 10.6. The smallest absolute Gasteiger partial charge is 0.407 e. The first kappa shape index (κ1) is 22.4. The van der Waals surface area contributed by atoms with E-state index in [4.69, 9.17) is 8.92 Å². The third-order valence-electron chi connectivity index (χ3n) is 3.45. The summed E-state index contributed by atoms with van der Waals surface area (Å²) in [5, 5.41) is 2.80. The molecule has 2 atom stereocenters. The highest BCUT2D eigenvalue weighted by molar-refractivity contribution is 7.86. The molecular formula is C19H31NO5S. The van der Waals surface area contributed by atoms with Crippen LogP contribution in [0.5, 0.6) is 0 Å². The summed E-state index contributed by atoms with van der Waals surface area (Å²) in [6.07, 6.45) is 0.669. The normalized spacial score (nSPS) is 14.7. The van der Waals surface area contributed by atoms with Gasteiger partial charge in [-0.05, 0) is 45.1 Å². The van der Waals surface area contributed by atoms with E-state index in [1.54, 1.807) is 20.8 Å². The Balaban J connectivity index is 3.06. The molecule has 1 N–H and O–H groups in total. The van der Waals surface area contributed by atoms with E-state index in [9.17, 15) is 13.2 Å². The zero-order valence-electron chi connectivity index (χ0n) is 16.5. The fourth-order valence-electron chi connectivity index (χ4n) is 2.56. The number of benzene rings is 1. The lowest BCUT2D eigenvalue weighted by Crippen LogP contribution is -2.48. The molecule has 7 heteroatoms. The van der Waals surface area contributed by atoms with Crippen LogP contribution >= 0.6 is 0 Å². The van der Waals surface area contributed by atoms with Crippen LogP contribution in [-0.4, -0.2) is 38.5 Å². The molecule has 1 rings (SSSR count). The molecule has 148 valence electrons. The Hall–Kier alpha value is -1.60. The fourth-order valence-corrected chi connectivity index (χ4v) is 3.22. The summed E-state index contributed by atoms with van der Waals surface area (Å²) in [5.41, 5.74) is 0.325. The number of carbonyl (C=O) groups excluding carboxylic acids is 1. The Labute approximate surface area is 157 Å². The van der Waals surface area contributed by atoms with Crippen molar-refractivity contribution in [3.05, 3.63) is 35.9 Å². The van der Waals surface area contributed by atoms with Crippen LogP contribution in [0.2, 0.25) is 0 Å². The van der Waals surface area contributed by atoms with E-state index in [-0.39, 0.29) is 5.92 Å². The van der Waals surface area contributed by atoms with Crippen LogP contribution in [0.1, 0.15) is 46.6 Å². The number of ether oxygens (including phenoxy) is 1. The average Bonchev–Trinajstić information content (AvgIpc) is 2.43. The summed E-state index contributed by atoms with van der Waals surface area (Å²) < 4.78 is 34.1. The summed E-state index contributed by atoms with van der Waals surface area (Å²) in [5.74, 6) is 0.195. The van der Waals surface area contributed by atoms with Crippen molar-refractivity contribution < 1.29 is 22.1 Å². The lowest BCUT2D eigenvalue weighted by atomic mass is 9.95. The third-order valence-corrected chi connectivity index (χ3v) is 4.05. The Bertz CT molecular complexity index is 665. The standard InChI is InChI=1S/C19H31NO5S/c1-14(2)12-17(25-26(6,22)23)16(13-15-10-8-7-9-11-15)20-18(21)24-19(3,4)5/h7-11,14,16-17H,12-13H2,1-6H3,(H,20,21)/t16-,17+/m0/s1. The van der Waals surface area contributed by atoms with Gasteiger partial charge in [0.05, 0.1) is 18.4 Å². The predicted molar refractivity (Wildman–Crippen MR) is 102 cm³/mol. The summed E-state index contributed by atoms with van der Waals surface area (Å²) in [6, 6.07) is 9.01. The number of hydrogen-bond acceptors (Lipinski definition) is 5. The largest absolute Gasteiger partial charge is 0.444 e. The molecule has 0 saturated heterocycles. The number of hydrogen-bond donors (Lipinski definition) is 1. The highest BCUT2D eigenvalue weighted by Gasteiger charge is 2.30. The molecule has 1 aromatic rings. The summed E-state index contributed by atoms with van der Waals surface area (Å²) >= 11 is 0. The molecule has 0 aromatic heterocycles. The van der Waals surface area contributed by atoms with Crippen molar-refractivity contribution in [1.29, 1.82) is 0 Å². The quantitative estimate of drug-likeness (QED) is 0.693. The molecule has 1 aromatic carbocycles. The monoisotopic (exact) mass is 385 g/mol. The van der Waals surface area contributed by atoms with Gasteiger partial charge >= 0.3 is 6.09 Å². The molecule has 0 bridgehead atoms. The summed E-state index contributed by atoms with van der Waals surface area (Å²) in [7, 11) is -3.67. The van der Waals surface area contributed by atoms with Crippen molar-refractivity contribution >= 4 is 16.2 Å². The van der Waals surface area contributed by atoms with E-state index in [0.29, 0.717) is 12.8 Å². The van der Waals surface area contributed by atoms with Crippen molar-refractivity contribution in [2.24, 2.45) is 5.92 Å². The number of amides is 1. The van der Waals surface area contributed by atoms with Gasteiger partial charge in [0, 0.05) is 0 Å². The van der Waals surface area contributed by atoms with Crippen LogP contribution in [0.3, 0.4) is 0 Å². The maximum absolute atomic E-state index is 12.3. The van der Waals surface area contributed by atoms with E-state index >= 15 is 0 Å². The van der Waals surface area contributed by atoms with Gasteiger partial charge in [0.25, 0.3) is 10.1 Å². The number of rotatable bonds is 8. The molecule has 0 heterocycles. The second-order valence-electron chi connectivity index (χ2n) is 7.91. The highest BCUT2D eigenvalue weighted by atomic mass is 32.2. The Morgan fingerprint density at radius 3 is 2.19 bits per heavy atom. The van der Waals surface area contributed by atoms with Gasteiger partial charge in [-0.1, -0.05) is 44.2 Å². The van der Waals surface area contributed by atoms with E-state index in [2.05, 4.69) is 5.32 Å². The molecule has 0 radical (unpaired) electrons. The Morgan fingerprint density at radius 1 is 1.15 bits per heavy atom. The van der Waals surface area contributed by atoms with Gasteiger partial charge in [0.2, 0.25) is 0 Å². The van der Waals surface area contributed by atoms with Gasteiger partial charge in [-0.3, -0.25) is 4.18 Å². The van der Waals surface area contributed by atoms with Crippen molar-refractivity contribution in [2.75, 3.05) is 6.26 Å². The van der Waals surface area contributed by atoms with Crippen LogP contribution in [-0.2, 0) is 25.5 Å². The van der Waals surface area contributed by atoms with Crippen LogP contribution in [0, 0.1) is 5.92 Å². The molecule has 0 unspecified atom stereocenters. The summed E-state index contributed by atoms with van der Waals surface area (Å²) in [6.45, 7) is 9.28. The predicted octanol–water partition coefficient (Wildman–Crippen LogP) is 3.51. The molecule has 0 spiro atoms. The van der Waals surface area contributed by atoms with Gasteiger partial charge in [0.1, 0.15) is 5.60 Å². The molecular weight excluding hydrogens is 354 g/mol. The van der Waals surface area contributed by atoms with Crippen LogP contribution < -0.4 is 5.32 Å². The van der Waals surface area contributed by atoms with E-state index in [1.165, 1.54) is 0 Å². The van der Waals surface area contributed by atoms with Crippen molar-refractivity contribution in [1.82, 2.24) is 5.32 Å². The first-order chi connectivity index (χ1) is 11.9. The van der Waals surface area contributed by atoms with Crippen molar-refractivity contribution in [3.8, 4) is 0 Å². The second kappa shape index (κ2) is 9.37. The summed E-state index contributed by atoms with van der Waals surface area (Å²) in [4.78, 5) is 12.3. The molecule has 6 nitrogen and oxygen atoms in total. The fraction of sp³-hybridized carbons (Fsp3) is 0.632. The van der Waals surface area contributed by atoms with Crippen molar-refractivity contribution in [2.45, 2.75) is 65.2 Å². The maximum atomic E-state index is 12.3. The lowest BCUT2D eigenvalue weighted by molar-refractivity contribution is 0.0433. The lowest BCUT2D eigenvalue weighted by Gasteiger charge is -2.30. The zero-order valence-corrected chi connectivity index (χ0v) is 17.3. The van der Waals surface area contributed by atoms with E-state index in [1.807, 2.05) is 44.2 Å². The minimum Gasteiger partial charge on any atom is -0.444 e. The number of alkyl carbamates (subject to hydrolysis) is 1. The Morgan fingerprint density at radius 2 is 1.73 bits per heavy atom. The average molecular weight is 386 g/mol. The molecule has 0 aliphatic carbocycles. The van der Waals surface area contributed by atoms with Crippen LogP contribution in [0.25, 0.3) is 0 Å². The van der Waals surface area contributed by atoms with Crippen LogP contribution in [0.4, 0.5) is 4.79 Å². The topological polar surface area (TPSA) is 81.7 Å². The van der Waals surface area contributed by atoms with Crippen molar-refractivity contribution in [3.63, 3.8) is 0 Å². The minimum absolute atomic E-state index is 0.195. The molecule has 0 saturated carbocycles. The van der Waals surface area contributed by atoms with Gasteiger partial charge in [0.15, 0.2) is 0 Å². The van der Waals surface area contributed by atoms with Gasteiger partial charge in [-0.25, -0.2) is 4.79 Å². The molecule has 1 amide bonds. The van der Waals surface area contributed by atoms with Gasteiger partial charge < -0.3 is 10.1 Å². The number of carbonyl (C=O) groups is 1. The van der Waals surface area contributed by atoms with E-state index < -0.39 is 34.0 Å². The Kier molecular flexibility index (Phi) is 8.09. The van der Waals surface area contributed by atoms with Gasteiger partial charge in [-0.15, -0.1) is 0 Å². The van der Waals surface area contributed by atoms with Crippen LogP contribution in [0.15, 0.2) is 30.3 Å². The second-order valence-corrected chi connectivity index (χ2v) is 9.51. The SMILES string of the molecule is CC(C)C[C@@H](OS(C)(=O)=O)[C@H](Cc1ccccc1)NC(=O)OC(C)(C)C. The maximum Gasteiger partial charge on any atom is 0.407 e. The molecule has 26 heavy (non-hydrogen) atoms. The minimum atomic E-state index is -3.67. The molecule has 0 aliphatic rings. The molecule has 0 fully saturated rings. The molecule has 0 aliphatic heterocycles. The third kappa shape index (κ3) is 9.77. The number of nitrogens with one attached hydrogen (secondary N) is 1. The van der Waals surface area contributed by atoms with Gasteiger partial charge in [-0.2, -0.15) is 8.42 Å².